The van der Waals surface area contributed by atoms with Crippen LogP contribution >= 0.6 is 0 Å². The number of rotatable bonds is 4. The maximum absolute atomic E-state index is 11.0. The number of aromatic nitrogens is 3. The third-order valence-electron chi connectivity index (χ3n) is 4.95. The van der Waals surface area contributed by atoms with Gasteiger partial charge in [0.05, 0.1) is 23.9 Å². The normalized spacial score (nSPS) is 24.3. The number of nitrogens with zero attached hydrogens (tertiary/aromatic N) is 4. The van der Waals surface area contributed by atoms with Crippen LogP contribution < -0.4 is 0 Å². The van der Waals surface area contributed by atoms with E-state index in [1.165, 1.54) is 19.3 Å². The summed E-state index contributed by atoms with van der Waals surface area (Å²) >= 11 is 0. The lowest BCUT2D eigenvalue weighted by Gasteiger charge is -2.29. The van der Waals surface area contributed by atoms with E-state index in [-0.39, 0.29) is 5.92 Å². The Labute approximate surface area is 137 Å². The Kier molecular flexibility index (Phi) is 5.43. The molecule has 1 N–H and O–H groups in total. The first-order valence-corrected chi connectivity index (χ1v) is 8.75. The zero-order chi connectivity index (χ0) is 16.1. The van der Waals surface area contributed by atoms with Gasteiger partial charge < -0.3 is 5.11 Å². The van der Waals surface area contributed by atoms with Gasteiger partial charge in [0.2, 0.25) is 0 Å². The molecule has 1 aliphatic heterocycles. The second-order valence-corrected chi connectivity index (χ2v) is 6.71. The van der Waals surface area contributed by atoms with Crippen molar-refractivity contribution < 1.29 is 9.90 Å². The molecule has 0 spiro atoms. The van der Waals surface area contributed by atoms with E-state index in [1.807, 2.05) is 4.68 Å². The van der Waals surface area contributed by atoms with Crippen LogP contribution in [0.15, 0.2) is 18.3 Å². The standard InChI is InChI=1S/C17H26N4O2/c22-17(23)14-8-10-20(11-9-14)12-15-13-21(19-18-15)16-6-4-2-1-3-5-7-16/h4,6,13-14,16H,1-3,5,7-12H2,(H,22,23). The van der Waals surface area contributed by atoms with Crippen LogP contribution in [0.5, 0.6) is 0 Å². The summed E-state index contributed by atoms with van der Waals surface area (Å²) in [5.74, 6) is -0.839. The number of carboxylic acid groups (broad SMARTS) is 1. The highest BCUT2D eigenvalue weighted by atomic mass is 16.4. The molecule has 0 radical (unpaired) electrons. The van der Waals surface area contributed by atoms with Gasteiger partial charge in [0.25, 0.3) is 0 Å². The number of hydrogen-bond acceptors (Lipinski definition) is 4. The highest BCUT2D eigenvalue weighted by Crippen LogP contribution is 2.22. The van der Waals surface area contributed by atoms with Crippen molar-refractivity contribution in [2.24, 2.45) is 5.92 Å². The summed E-state index contributed by atoms with van der Waals surface area (Å²) in [6.45, 7) is 2.42. The Morgan fingerprint density at radius 2 is 2.04 bits per heavy atom. The summed E-state index contributed by atoms with van der Waals surface area (Å²) in [5, 5.41) is 17.7. The van der Waals surface area contributed by atoms with Gasteiger partial charge in [0, 0.05) is 6.54 Å². The lowest BCUT2D eigenvalue weighted by atomic mass is 9.97. The van der Waals surface area contributed by atoms with Gasteiger partial charge in [0.15, 0.2) is 0 Å². The number of allylic oxidation sites excluding steroid dienone is 2. The zero-order valence-electron chi connectivity index (χ0n) is 13.6. The molecule has 2 aliphatic rings. The first kappa shape index (κ1) is 16.2. The van der Waals surface area contributed by atoms with Crippen molar-refractivity contribution in [1.29, 1.82) is 0 Å². The molecule has 3 rings (SSSR count). The van der Waals surface area contributed by atoms with Gasteiger partial charge in [-0.3, -0.25) is 9.69 Å². The number of hydrogen-bond donors (Lipinski definition) is 1. The van der Waals surface area contributed by atoms with Crippen molar-refractivity contribution in [3.05, 3.63) is 24.0 Å². The zero-order valence-corrected chi connectivity index (χ0v) is 13.6. The van der Waals surface area contributed by atoms with Crippen molar-refractivity contribution in [3.8, 4) is 0 Å². The predicted octanol–water partition coefficient (Wildman–Crippen LogP) is 2.64. The van der Waals surface area contributed by atoms with Crippen molar-refractivity contribution >= 4 is 5.97 Å². The minimum Gasteiger partial charge on any atom is -0.481 e. The minimum atomic E-state index is -0.660. The summed E-state index contributed by atoms with van der Waals surface area (Å²) in [6.07, 6.45) is 14.2. The summed E-state index contributed by atoms with van der Waals surface area (Å²) < 4.78 is 1.99. The average Bonchev–Trinajstić information content (AvgIpc) is 2.96. The fraction of sp³-hybridized carbons (Fsp3) is 0.706. The molecule has 1 aromatic rings. The molecule has 1 aliphatic carbocycles. The lowest BCUT2D eigenvalue weighted by Crippen LogP contribution is -2.35. The third-order valence-corrected chi connectivity index (χ3v) is 4.95. The maximum atomic E-state index is 11.0. The van der Waals surface area contributed by atoms with Crippen molar-refractivity contribution in [2.75, 3.05) is 13.1 Å². The van der Waals surface area contributed by atoms with Gasteiger partial charge >= 0.3 is 5.97 Å². The van der Waals surface area contributed by atoms with Gasteiger partial charge in [-0.05, 0) is 45.2 Å². The molecule has 23 heavy (non-hydrogen) atoms. The Balaban J connectivity index is 1.55. The van der Waals surface area contributed by atoms with Gasteiger partial charge in [-0.15, -0.1) is 5.10 Å². The van der Waals surface area contributed by atoms with E-state index in [1.54, 1.807) is 0 Å². The summed E-state index contributed by atoms with van der Waals surface area (Å²) in [5.41, 5.74) is 0.981. The Bertz CT molecular complexity index is 547. The van der Waals surface area contributed by atoms with Gasteiger partial charge in [-0.25, -0.2) is 4.68 Å². The van der Waals surface area contributed by atoms with Crippen molar-refractivity contribution in [3.63, 3.8) is 0 Å². The van der Waals surface area contributed by atoms with Crippen LogP contribution in [0.4, 0.5) is 0 Å². The van der Waals surface area contributed by atoms with Gasteiger partial charge in [-0.2, -0.15) is 0 Å². The van der Waals surface area contributed by atoms with E-state index in [9.17, 15) is 4.79 Å². The smallest absolute Gasteiger partial charge is 0.306 e. The minimum absolute atomic E-state index is 0.179. The summed E-state index contributed by atoms with van der Waals surface area (Å²) in [6, 6.07) is 0.328. The molecule has 0 bridgehead atoms. The number of piperidine rings is 1. The van der Waals surface area contributed by atoms with Gasteiger partial charge in [-0.1, -0.05) is 30.2 Å². The van der Waals surface area contributed by atoms with Crippen LogP contribution in [-0.4, -0.2) is 44.1 Å². The van der Waals surface area contributed by atoms with Gasteiger partial charge in [0.1, 0.15) is 0 Å². The molecule has 1 fully saturated rings. The fourth-order valence-corrected chi connectivity index (χ4v) is 3.48. The van der Waals surface area contributed by atoms with Crippen molar-refractivity contribution in [1.82, 2.24) is 19.9 Å². The number of carboxylic acids is 1. The molecule has 2 heterocycles. The monoisotopic (exact) mass is 318 g/mol. The number of aliphatic carboxylic acids is 1. The summed E-state index contributed by atoms with van der Waals surface area (Å²) in [4.78, 5) is 13.3. The molecule has 1 atom stereocenters. The molecule has 126 valence electrons. The number of carbonyl (C=O) groups is 1. The molecule has 1 unspecified atom stereocenters. The topological polar surface area (TPSA) is 71.2 Å². The highest BCUT2D eigenvalue weighted by Gasteiger charge is 2.25. The summed E-state index contributed by atoms with van der Waals surface area (Å²) in [7, 11) is 0. The first-order valence-electron chi connectivity index (χ1n) is 8.75. The Morgan fingerprint density at radius 3 is 2.83 bits per heavy atom. The van der Waals surface area contributed by atoms with Crippen LogP contribution in [0.25, 0.3) is 0 Å². The molecule has 1 saturated heterocycles. The van der Waals surface area contributed by atoms with E-state index in [0.717, 1.165) is 51.0 Å². The van der Waals surface area contributed by atoms with E-state index in [4.69, 9.17) is 5.11 Å². The molecule has 6 nitrogen and oxygen atoms in total. The second-order valence-electron chi connectivity index (χ2n) is 6.71. The van der Waals surface area contributed by atoms with E-state index < -0.39 is 5.97 Å². The third kappa shape index (κ3) is 4.41. The maximum Gasteiger partial charge on any atom is 0.306 e. The van der Waals surface area contributed by atoms with Crippen LogP contribution in [0, 0.1) is 5.92 Å². The molecule has 0 saturated carbocycles. The van der Waals surface area contributed by atoms with E-state index in [0.29, 0.717) is 6.04 Å². The second kappa shape index (κ2) is 7.73. The highest BCUT2D eigenvalue weighted by molar-refractivity contribution is 5.70. The van der Waals surface area contributed by atoms with E-state index >= 15 is 0 Å². The molecule has 6 heteroatoms. The Morgan fingerprint density at radius 1 is 1.22 bits per heavy atom. The lowest BCUT2D eigenvalue weighted by molar-refractivity contribution is -0.143. The molecule has 0 amide bonds. The average molecular weight is 318 g/mol. The largest absolute Gasteiger partial charge is 0.481 e. The van der Waals surface area contributed by atoms with Crippen LogP contribution in [0.3, 0.4) is 0 Å². The van der Waals surface area contributed by atoms with Crippen LogP contribution in [0.1, 0.15) is 56.7 Å². The molecule has 0 aromatic carbocycles. The Hall–Kier alpha value is -1.69. The number of likely N-dealkylation sites (tertiary alicyclic amines) is 1. The van der Waals surface area contributed by atoms with Crippen LogP contribution in [0.2, 0.25) is 0 Å². The predicted molar refractivity (Wildman–Crippen MR) is 86.9 cm³/mol. The SMILES string of the molecule is O=C(O)C1CCN(Cc2cn(C3C=CCCCCC3)nn2)CC1. The first-order chi connectivity index (χ1) is 11.2. The van der Waals surface area contributed by atoms with Crippen LogP contribution in [-0.2, 0) is 11.3 Å². The van der Waals surface area contributed by atoms with Crippen molar-refractivity contribution in [2.45, 2.75) is 57.5 Å². The molecule has 1 aromatic heterocycles. The fourth-order valence-electron chi connectivity index (χ4n) is 3.48. The molecular formula is C17H26N4O2. The quantitative estimate of drug-likeness (QED) is 0.864. The molecular weight excluding hydrogens is 292 g/mol. The van der Waals surface area contributed by atoms with E-state index in [2.05, 4.69) is 33.6 Å².